The molecule has 0 aliphatic rings. The molecule has 0 amide bonds. The summed E-state index contributed by atoms with van der Waals surface area (Å²) in [7, 11) is 1.66. The third kappa shape index (κ3) is 2.99. The first-order chi connectivity index (χ1) is 9.67. The van der Waals surface area contributed by atoms with Crippen LogP contribution in [-0.4, -0.2) is 13.7 Å². The largest absolute Gasteiger partial charge is 0.496 e. The van der Waals surface area contributed by atoms with Gasteiger partial charge in [-0.15, -0.1) is 0 Å². The van der Waals surface area contributed by atoms with Crippen LogP contribution in [0.25, 0.3) is 0 Å². The molecule has 0 saturated carbocycles. The van der Waals surface area contributed by atoms with Crippen molar-refractivity contribution in [2.45, 2.75) is 19.9 Å². The van der Waals surface area contributed by atoms with Gasteiger partial charge in [-0.3, -0.25) is 0 Å². The second-order valence-electron chi connectivity index (χ2n) is 4.74. The van der Waals surface area contributed by atoms with Crippen molar-refractivity contribution < 1.29 is 9.13 Å². The van der Waals surface area contributed by atoms with E-state index in [-0.39, 0.29) is 11.9 Å². The molecule has 1 atom stereocenters. The van der Waals surface area contributed by atoms with Gasteiger partial charge in [0.15, 0.2) is 0 Å². The van der Waals surface area contributed by atoms with Crippen molar-refractivity contribution in [1.29, 1.82) is 0 Å². The Morgan fingerprint density at radius 3 is 2.60 bits per heavy atom. The minimum atomic E-state index is -0.177. The Balaban J connectivity index is 2.47. The maximum atomic E-state index is 13.5. The van der Waals surface area contributed by atoms with Crippen LogP contribution >= 0.6 is 0 Å². The lowest BCUT2D eigenvalue weighted by Crippen LogP contribution is -2.22. The fraction of sp³-hybridized carbons (Fsp3) is 0.294. The molecule has 0 radical (unpaired) electrons. The Labute approximate surface area is 119 Å². The van der Waals surface area contributed by atoms with Crippen LogP contribution < -0.4 is 10.1 Å². The monoisotopic (exact) mass is 273 g/mol. The van der Waals surface area contributed by atoms with Gasteiger partial charge in [0.2, 0.25) is 0 Å². The summed E-state index contributed by atoms with van der Waals surface area (Å²) < 4.78 is 18.9. The summed E-state index contributed by atoms with van der Waals surface area (Å²) in [6.45, 7) is 4.65. The molecule has 1 unspecified atom stereocenters. The summed E-state index contributed by atoms with van der Waals surface area (Å²) in [5, 5.41) is 3.43. The third-order valence-electron chi connectivity index (χ3n) is 3.37. The standard InChI is InChI=1S/C17H20FNO/c1-4-19-17(13-9-10-15(18)12(2)11-13)14-7-5-6-8-16(14)20-3/h5-11,17,19H,4H2,1-3H3. The first-order valence-corrected chi connectivity index (χ1v) is 6.79. The van der Waals surface area contributed by atoms with Gasteiger partial charge in [-0.2, -0.15) is 0 Å². The van der Waals surface area contributed by atoms with Crippen molar-refractivity contribution in [1.82, 2.24) is 5.32 Å². The Bertz CT molecular complexity index is 583. The molecule has 0 aromatic heterocycles. The van der Waals surface area contributed by atoms with Crippen LogP contribution in [0.2, 0.25) is 0 Å². The molecule has 0 spiro atoms. The number of nitrogens with one attached hydrogen (secondary N) is 1. The molecule has 1 N–H and O–H groups in total. The zero-order valence-electron chi connectivity index (χ0n) is 12.1. The van der Waals surface area contributed by atoms with E-state index in [0.29, 0.717) is 5.56 Å². The van der Waals surface area contributed by atoms with Crippen molar-refractivity contribution in [3.05, 3.63) is 65.0 Å². The first-order valence-electron chi connectivity index (χ1n) is 6.79. The van der Waals surface area contributed by atoms with Crippen LogP contribution in [0.1, 0.15) is 29.7 Å². The van der Waals surface area contributed by atoms with Gasteiger partial charge in [0, 0.05) is 5.56 Å². The number of aryl methyl sites for hydroxylation is 1. The van der Waals surface area contributed by atoms with E-state index in [2.05, 4.69) is 12.2 Å². The maximum absolute atomic E-state index is 13.5. The molecule has 0 aliphatic carbocycles. The Hall–Kier alpha value is -1.87. The lowest BCUT2D eigenvalue weighted by atomic mass is 9.96. The summed E-state index contributed by atoms with van der Waals surface area (Å²) >= 11 is 0. The number of benzene rings is 2. The minimum absolute atomic E-state index is 0.00421. The smallest absolute Gasteiger partial charge is 0.126 e. The van der Waals surface area contributed by atoms with Crippen molar-refractivity contribution in [3.8, 4) is 5.75 Å². The second kappa shape index (κ2) is 6.53. The van der Waals surface area contributed by atoms with Gasteiger partial charge in [0.1, 0.15) is 11.6 Å². The van der Waals surface area contributed by atoms with Crippen LogP contribution in [0.4, 0.5) is 4.39 Å². The van der Waals surface area contributed by atoms with Crippen LogP contribution in [0.15, 0.2) is 42.5 Å². The van der Waals surface area contributed by atoms with E-state index in [1.165, 1.54) is 6.07 Å². The number of methoxy groups -OCH3 is 1. The number of halogens is 1. The second-order valence-corrected chi connectivity index (χ2v) is 4.74. The van der Waals surface area contributed by atoms with Gasteiger partial charge < -0.3 is 10.1 Å². The summed E-state index contributed by atoms with van der Waals surface area (Å²) in [4.78, 5) is 0. The third-order valence-corrected chi connectivity index (χ3v) is 3.37. The quantitative estimate of drug-likeness (QED) is 0.893. The van der Waals surface area contributed by atoms with Crippen LogP contribution in [0, 0.1) is 12.7 Å². The fourth-order valence-electron chi connectivity index (χ4n) is 2.36. The van der Waals surface area contributed by atoms with E-state index in [4.69, 9.17) is 4.74 Å². The van der Waals surface area contributed by atoms with Gasteiger partial charge in [-0.05, 0) is 36.7 Å². The number of para-hydroxylation sites is 1. The lowest BCUT2D eigenvalue weighted by molar-refractivity contribution is 0.404. The van der Waals surface area contributed by atoms with E-state index in [9.17, 15) is 4.39 Å². The molecular weight excluding hydrogens is 253 g/mol. The molecule has 0 heterocycles. The Kier molecular flexibility index (Phi) is 4.74. The molecule has 2 nitrogen and oxygen atoms in total. The van der Waals surface area contributed by atoms with Crippen LogP contribution in [0.3, 0.4) is 0 Å². The van der Waals surface area contributed by atoms with Crippen LogP contribution in [0.5, 0.6) is 5.75 Å². The van der Waals surface area contributed by atoms with Crippen molar-refractivity contribution in [3.63, 3.8) is 0 Å². The van der Waals surface area contributed by atoms with Gasteiger partial charge in [-0.1, -0.05) is 37.3 Å². The van der Waals surface area contributed by atoms with Crippen molar-refractivity contribution in [2.24, 2.45) is 0 Å². The lowest BCUT2D eigenvalue weighted by Gasteiger charge is -2.21. The fourth-order valence-corrected chi connectivity index (χ4v) is 2.36. The molecule has 2 aromatic carbocycles. The number of rotatable bonds is 5. The van der Waals surface area contributed by atoms with Crippen molar-refractivity contribution in [2.75, 3.05) is 13.7 Å². The SMILES string of the molecule is CCNC(c1ccc(F)c(C)c1)c1ccccc1OC. The Morgan fingerprint density at radius 1 is 1.20 bits per heavy atom. The highest BCUT2D eigenvalue weighted by Gasteiger charge is 2.17. The molecule has 2 rings (SSSR count). The summed E-state index contributed by atoms with van der Waals surface area (Å²) in [6.07, 6.45) is 0. The average molecular weight is 273 g/mol. The van der Waals surface area contributed by atoms with E-state index < -0.39 is 0 Å². The summed E-state index contributed by atoms with van der Waals surface area (Å²) in [6, 6.07) is 13.1. The normalized spacial score (nSPS) is 12.2. The summed E-state index contributed by atoms with van der Waals surface area (Å²) in [5.41, 5.74) is 2.75. The molecule has 0 aliphatic heterocycles. The van der Waals surface area contributed by atoms with E-state index in [1.807, 2.05) is 36.4 Å². The maximum Gasteiger partial charge on any atom is 0.126 e. The predicted octanol–water partition coefficient (Wildman–Crippen LogP) is 3.84. The van der Waals surface area contributed by atoms with Gasteiger partial charge in [-0.25, -0.2) is 4.39 Å². The molecule has 106 valence electrons. The van der Waals surface area contributed by atoms with Gasteiger partial charge >= 0.3 is 0 Å². The molecular formula is C17H20FNO. The molecule has 0 bridgehead atoms. The molecule has 20 heavy (non-hydrogen) atoms. The number of hydrogen-bond donors (Lipinski definition) is 1. The minimum Gasteiger partial charge on any atom is -0.496 e. The molecule has 0 fully saturated rings. The first kappa shape index (κ1) is 14.5. The van der Waals surface area contributed by atoms with Crippen molar-refractivity contribution >= 4 is 0 Å². The highest BCUT2D eigenvalue weighted by atomic mass is 19.1. The zero-order chi connectivity index (χ0) is 14.5. The van der Waals surface area contributed by atoms with Gasteiger partial charge in [0.05, 0.1) is 13.2 Å². The zero-order valence-corrected chi connectivity index (χ0v) is 12.1. The Morgan fingerprint density at radius 2 is 1.95 bits per heavy atom. The average Bonchev–Trinajstić information content (AvgIpc) is 2.48. The highest BCUT2D eigenvalue weighted by Crippen LogP contribution is 2.30. The highest BCUT2D eigenvalue weighted by molar-refractivity contribution is 5.42. The van der Waals surface area contributed by atoms with E-state index in [0.717, 1.165) is 23.4 Å². The van der Waals surface area contributed by atoms with E-state index in [1.54, 1.807) is 14.0 Å². The number of ether oxygens (including phenoxy) is 1. The number of hydrogen-bond acceptors (Lipinski definition) is 2. The molecule has 3 heteroatoms. The van der Waals surface area contributed by atoms with E-state index >= 15 is 0 Å². The molecule has 2 aromatic rings. The molecule has 0 saturated heterocycles. The van der Waals surface area contributed by atoms with Gasteiger partial charge in [0.25, 0.3) is 0 Å². The van der Waals surface area contributed by atoms with Crippen LogP contribution in [-0.2, 0) is 0 Å². The topological polar surface area (TPSA) is 21.3 Å². The summed E-state index contributed by atoms with van der Waals surface area (Å²) in [5.74, 6) is 0.657. The predicted molar refractivity (Wildman–Crippen MR) is 79.7 cm³/mol.